The first-order chi connectivity index (χ1) is 11.0. The molecule has 0 unspecified atom stereocenters. The maximum absolute atomic E-state index is 11.8. The van der Waals surface area contributed by atoms with Gasteiger partial charge in [-0.2, -0.15) is 0 Å². The second-order valence-corrected chi connectivity index (χ2v) is 5.67. The molecule has 1 fully saturated rings. The zero-order valence-electron chi connectivity index (χ0n) is 14.2. The van der Waals surface area contributed by atoms with E-state index in [-0.39, 0.29) is 24.8 Å². The summed E-state index contributed by atoms with van der Waals surface area (Å²) in [5.41, 5.74) is 2.32. The molecule has 1 aromatic rings. The van der Waals surface area contributed by atoms with Crippen LogP contribution in [0.2, 0.25) is 0 Å². The molecule has 0 aromatic heterocycles. The summed E-state index contributed by atoms with van der Waals surface area (Å²) >= 11 is 0. The Morgan fingerprint density at radius 1 is 1.35 bits per heavy atom. The summed E-state index contributed by atoms with van der Waals surface area (Å²) in [6, 6.07) is 5.69. The van der Waals surface area contributed by atoms with E-state index in [0.29, 0.717) is 18.6 Å². The van der Waals surface area contributed by atoms with E-state index in [9.17, 15) is 9.90 Å². The van der Waals surface area contributed by atoms with Crippen molar-refractivity contribution in [3.63, 3.8) is 0 Å². The minimum atomic E-state index is -0.328. The van der Waals surface area contributed by atoms with Crippen LogP contribution in [0, 0.1) is 6.92 Å². The number of hydrogen-bond acceptors (Lipinski definition) is 5. The Labute approximate surface area is 138 Å². The maximum atomic E-state index is 11.8. The van der Waals surface area contributed by atoms with E-state index in [1.54, 1.807) is 6.92 Å². The number of benzene rings is 1. The molecule has 0 amide bonds. The molecule has 0 radical (unpaired) electrons. The molecular weight excluding hydrogens is 296 g/mol. The van der Waals surface area contributed by atoms with E-state index in [1.165, 1.54) is 7.11 Å². The third-order valence-corrected chi connectivity index (χ3v) is 3.82. The summed E-state index contributed by atoms with van der Waals surface area (Å²) in [5.74, 6) is -0.328. The molecule has 1 saturated carbocycles. The van der Waals surface area contributed by atoms with Crippen molar-refractivity contribution in [3.05, 3.63) is 34.9 Å². The van der Waals surface area contributed by atoms with Crippen LogP contribution >= 0.6 is 0 Å². The van der Waals surface area contributed by atoms with E-state index in [1.807, 2.05) is 25.1 Å². The molecular formula is C18H28O5. The number of aliphatic hydroxyl groups is 2. The van der Waals surface area contributed by atoms with Crippen LogP contribution in [0.3, 0.4) is 0 Å². The van der Waals surface area contributed by atoms with Gasteiger partial charge in [0.1, 0.15) is 0 Å². The highest BCUT2D eigenvalue weighted by Crippen LogP contribution is 2.23. The van der Waals surface area contributed by atoms with E-state index in [4.69, 9.17) is 14.6 Å². The number of hydrogen-bond donors (Lipinski definition) is 2. The average Bonchev–Trinajstić information content (AvgIpc) is 2.53. The fourth-order valence-corrected chi connectivity index (χ4v) is 2.72. The summed E-state index contributed by atoms with van der Waals surface area (Å²) in [7, 11) is 1.39. The molecule has 130 valence electrons. The first-order valence-corrected chi connectivity index (χ1v) is 8.10. The third kappa shape index (κ3) is 6.29. The molecule has 0 bridgehead atoms. The van der Waals surface area contributed by atoms with Crippen LogP contribution in [0.25, 0.3) is 0 Å². The fraction of sp³-hybridized carbons (Fsp3) is 0.611. The number of ether oxygens (including phenoxy) is 2. The van der Waals surface area contributed by atoms with Crippen LogP contribution in [0.1, 0.15) is 54.1 Å². The molecule has 0 spiro atoms. The Morgan fingerprint density at radius 2 is 2.04 bits per heavy atom. The smallest absolute Gasteiger partial charge is 0.338 e. The molecule has 1 aliphatic rings. The van der Waals surface area contributed by atoms with E-state index < -0.39 is 0 Å². The number of esters is 1. The van der Waals surface area contributed by atoms with Crippen molar-refractivity contribution in [1.82, 2.24) is 0 Å². The van der Waals surface area contributed by atoms with Crippen LogP contribution in [0.15, 0.2) is 18.2 Å². The molecule has 2 N–H and O–H groups in total. The van der Waals surface area contributed by atoms with Gasteiger partial charge in [-0.05, 0) is 50.7 Å². The Morgan fingerprint density at radius 3 is 2.65 bits per heavy atom. The van der Waals surface area contributed by atoms with Crippen LogP contribution in [-0.4, -0.2) is 42.1 Å². The van der Waals surface area contributed by atoms with E-state index >= 15 is 0 Å². The van der Waals surface area contributed by atoms with Crippen molar-refractivity contribution < 1.29 is 24.5 Å². The standard InChI is InChI=1S/C16H22O4.C2H6O/c1-11-5-3-6-12(15(11)16(18)19-2)10-20-14-8-4-7-13(17)9-14;1-2-3/h3,5-6,13-14,17H,4,7-10H2,1-2H3;3H,2H2,1H3/t13-,14+;/m0./s1. The number of rotatable bonds is 4. The molecule has 0 heterocycles. The van der Waals surface area contributed by atoms with Gasteiger partial charge in [0, 0.05) is 6.61 Å². The Balaban J connectivity index is 0.000000816. The summed E-state index contributed by atoms with van der Waals surface area (Å²) in [6.07, 6.45) is 3.31. The van der Waals surface area contributed by atoms with Gasteiger partial charge in [-0.1, -0.05) is 18.2 Å². The van der Waals surface area contributed by atoms with Gasteiger partial charge >= 0.3 is 5.97 Å². The third-order valence-electron chi connectivity index (χ3n) is 3.82. The second-order valence-electron chi connectivity index (χ2n) is 5.67. The number of carbonyl (C=O) groups is 1. The van der Waals surface area contributed by atoms with E-state index in [0.717, 1.165) is 30.4 Å². The van der Waals surface area contributed by atoms with Gasteiger partial charge in [0.2, 0.25) is 0 Å². The average molecular weight is 324 g/mol. The van der Waals surface area contributed by atoms with Gasteiger partial charge in [-0.25, -0.2) is 4.79 Å². The molecule has 2 rings (SSSR count). The normalized spacial score (nSPS) is 20.4. The molecule has 0 saturated heterocycles. The zero-order chi connectivity index (χ0) is 17.2. The lowest BCUT2D eigenvalue weighted by Crippen LogP contribution is -2.26. The van der Waals surface area contributed by atoms with Gasteiger partial charge in [-0.3, -0.25) is 0 Å². The Hall–Kier alpha value is -1.43. The topological polar surface area (TPSA) is 76.0 Å². The van der Waals surface area contributed by atoms with Crippen LogP contribution in [0.4, 0.5) is 0 Å². The highest BCUT2D eigenvalue weighted by Gasteiger charge is 2.22. The summed E-state index contributed by atoms with van der Waals surface area (Å²) < 4.78 is 10.7. The quantitative estimate of drug-likeness (QED) is 0.833. The van der Waals surface area contributed by atoms with Gasteiger partial charge < -0.3 is 19.7 Å². The minimum Gasteiger partial charge on any atom is -0.465 e. The van der Waals surface area contributed by atoms with Crippen LogP contribution in [-0.2, 0) is 16.1 Å². The van der Waals surface area contributed by atoms with Gasteiger partial charge in [-0.15, -0.1) is 0 Å². The Kier molecular flexibility index (Phi) is 8.84. The summed E-state index contributed by atoms with van der Waals surface area (Å²) in [6.45, 7) is 4.20. The lowest BCUT2D eigenvalue weighted by Gasteiger charge is -2.26. The highest BCUT2D eigenvalue weighted by molar-refractivity contribution is 5.92. The minimum absolute atomic E-state index is 0.0739. The molecule has 2 atom stereocenters. The van der Waals surface area contributed by atoms with E-state index in [2.05, 4.69) is 0 Å². The molecule has 23 heavy (non-hydrogen) atoms. The van der Waals surface area contributed by atoms with Gasteiger partial charge in [0.25, 0.3) is 0 Å². The molecule has 5 nitrogen and oxygen atoms in total. The fourth-order valence-electron chi connectivity index (χ4n) is 2.72. The van der Waals surface area contributed by atoms with Crippen LogP contribution in [0.5, 0.6) is 0 Å². The number of carbonyl (C=O) groups excluding carboxylic acids is 1. The van der Waals surface area contributed by atoms with Crippen molar-refractivity contribution in [2.75, 3.05) is 13.7 Å². The number of aryl methyl sites for hydroxylation is 1. The summed E-state index contributed by atoms with van der Waals surface area (Å²) in [5, 5.41) is 17.2. The second kappa shape index (κ2) is 10.4. The lowest BCUT2D eigenvalue weighted by atomic mass is 9.95. The first kappa shape index (κ1) is 19.6. The lowest BCUT2D eigenvalue weighted by molar-refractivity contribution is -0.0232. The van der Waals surface area contributed by atoms with Crippen LogP contribution < -0.4 is 0 Å². The van der Waals surface area contributed by atoms with Gasteiger partial charge in [0.05, 0.1) is 31.5 Å². The highest BCUT2D eigenvalue weighted by atomic mass is 16.5. The monoisotopic (exact) mass is 324 g/mol. The predicted octanol–water partition coefficient (Wildman–Crippen LogP) is 2.60. The molecule has 1 aromatic carbocycles. The van der Waals surface area contributed by atoms with Crippen molar-refractivity contribution in [2.24, 2.45) is 0 Å². The number of methoxy groups -OCH3 is 1. The van der Waals surface area contributed by atoms with Crippen molar-refractivity contribution in [2.45, 2.75) is 58.3 Å². The SMILES string of the molecule is CCO.COC(=O)c1c(C)cccc1CO[C@@H]1CCC[C@H](O)C1. The van der Waals surface area contributed by atoms with Crippen molar-refractivity contribution in [1.29, 1.82) is 0 Å². The van der Waals surface area contributed by atoms with Crippen molar-refractivity contribution in [3.8, 4) is 0 Å². The maximum Gasteiger partial charge on any atom is 0.338 e. The summed E-state index contributed by atoms with van der Waals surface area (Å²) in [4.78, 5) is 11.8. The Bertz CT molecular complexity index is 486. The number of aliphatic hydroxyl groups excluding tert-OH is 2. The molecule has 5 heteroatoms. The zero-order valence-corrected chi connectivity index (χ0v) is 14.2. The first-order valence-electron chi connectivity index (χ1n) is 8.10. The molecule has 1 aliphatic carbocycles. The van der Waals surface area contributed by atoms with Gasteiger partial charge in [0.15, 0.2) is 0 Å². The molecule has 0 aliphatic heterocycles. The van der Waals surface area contributed by atoms with Crippen molar-refractivity contribution >= 4 is 5.97 Å². The predicted molar refractivity (Wildman–Crippen MR) is 88.3 cm³/mol. The largest absolute Gasteiger partial charge is 0.465 e.